The number of nitrogens with zero attached hydrogens (tertiary/aromatic N) is 2. The molecule has 0 amide bonds. The van der Waals surface area contributed by atoms with Crippen molar-refractivity contribution in [1.82, 2.24) is 9.55 Å². The number of fused-ring (bicyclic) bond motifs is 3. The van der Waals surface area contributed by atoms with Crippen molar-refractivity contribution < 1.29 is 18.7 Å². The van der Waals surface area contributed by atoms with Gasteiger partial charge in [0.15, 0.2) is 0 Å². The van der Waals surface area contributed by atoms with E-state index in [1.165, 1.54) is 24.5 Å². The minimum Gasteiger partial charge on any atom is -0.497 e. The summed E-state index contributed by atoms with van der Waals surface area (Å²) in [4.78, 5) is 43.7. The van der Waals surface area contributed by atoms with E-state index < -0.39 is 11.6 Å². The van der Waals surface area contributed by atoms with Crippen LogP contribution in [0, 0.1) is 6.92 Å². The number of aryl methyl sites for hydroxylation is 2. The molecular weight excluding hydrogens is 444 g/mol. The molecule has 0 N–H and O–H groups in total. The van der Waals surface area contributed by atoms with Crippen molar-refractivity contribution in [3.05, 3.63) is 66.9 Å². The molecule has 5 rings (SSSR count). The molecule has 0 unspecified atom stereocenters. The quantitative estimate of drug-likeness (QED) is 0.331. The molecule has 4 aromatic rings. The first-order chi connectivity index (χ1) is 16.0. The first-order valence-electron chi connectivity index (χ1n) is 10.8. The molecule has 0 saturated heterocycles. The fraction of sp³-hybridized carbons (Fsp3) is 0.333. The third-order valence-corrected chi connectivity index (χ3v) is 7.16. The second-order valence-electron chi connectivity index (χ2n) is 8.06. The minimum atomic E-state index is -0.551. The Morgan fingerprint density at radius 2 is 2.06 bits per heavy atom. The Balaban J connectivity index is 1.47. The van der Waals surface area contributed by atoms with Gasteiger partial charge in [0.2, 0.25) is 0 Å². The highest BCUT2D eigenvalue weighted by atomic mass is 32.1. The zero-order valence-corrected chi connectivity index (χ0v) is 19.1. The molecule has 0 aliphatic carbocycles. The lowest BCUT2D eigenvalue weighted by Gasteiger charge is -2.08. The van der Waals surface area contributed by atoms with Crippen LogP contribution in [0.1, 0.15) is 45.9 Å². The van der Waals surface area contributed by atoms with Crippen molar-refractivity contribution in [2.24, 2.45) is 0 Å². The van der Waals surface area contributed by atoms with Crippen LogP contribution >= 0.6 is 11.3 Å². The molecule has 0 fully saturated rings. The van der Waals surface area contributed by atoms with Crippen LogP contribution < -0.4 is 15.9 Å². The van der Waals surface area contributed by atoms with Gasteiger partial charge in [0, 0.05) is 36.0 Å². The van der Waals surface area contributed by atoms with Crippen molar-refractivity contribution in [3.8, 4) is 5.75 Å². The Hall–Kier alpha value is -3.46. The van der Waals surface area contributed by atoms with Crippen molar-refractivity contribution in [1.29, 1.82) is 0 Å². The molecule has 170 valence electrons. The van der Waals surface area contributed by atoms with Gasteiger partial charge in [0.25, 0.3) is 5.56 Å². The summed E-state index contributed by atoms with van der Waals surface area (Å²) in [5, 5.41) is 1.13. The van der Waals surface area contributed by atoms with Crippen molar-refractivity contribution in [2.45, 2.75) is 45.8 Å². The maximum Gasteiger partial charge on any atom is 0.349 e. The van der Waals surface area contributed by atoms with Gasteiger partial charge in [-0.15, -0.1) is 11.3 Å². The number of carbonyl (C=O) groups excluding carboxylic acids is 1. The molecule has 1 aliphatic heterocycles. The molecule has 0 saturated carbocycles. The number of rotatable bonds is 4. The van der Waals surface area contributed by atoms with Crippen LogP contribution in [0.2, 0.25) is 0 Å². The number of hydrogen-bond donors (Lipinski definition) is 0. The monoisotopic (exact) mass is 466 g/mol. The van der Waals surface area contributed by atoms with Gasteiger partial charge >= 0.3 is 11.6 Å². The van der Waals surface area contributed by atoms with Crippen LogP contribution in [0.4, 0.5) is 0 Å². The third kappa shape index (κ3) is 3.82. The molecule has 33 heavy (non-hydrogen) atoms. The predicted octanol–water partition coefficient (Wildman–Crippen LogP) is 3.96. The van der Waals surface area contributed by atoms with Crippen molar-refractivity contribution in [3.63, 3.8) is 0 Å². The van der Waals surface area contributed by atoms with E-state index in [1.807, 2.05) is 0 Å². The molecule has 9 heteroatoms. The lowest BCUT2D eigenvalue weighted by atomic mass is 10.1. The Labute approximate surface area is 192 Å². The summed E-state index contributed by atoms with van der Waals surface area (Å²) in [5.74, 6) is 0.784. The summed E-state index contributed by atoms with van der Waals surface area (Å²) in [6.45, 7) is 2.30. The van der Waals surface area contributed by atoms with Crippen LogP contribution in [0.15, 0.2) is 38.3 Å². The van der Waals surface area contributed by atoms with Crippen LogP contribution in [0.25, 0.3) is 21.2 Å². The number of methoxy groups -OCH3 is 1. The molecule has 0 radical (unpaired) electrons. The van der Waals surface area contributed by atoms with Gasteiger partial charge in [-0.25, -0.2) is 14.6 Å². The summed E-state index contributed by atoms with van der Waals surface area (Å²) in [6, 6.07) is 6.42. The number of esters is 1. The van der Waals surface area contributed by atoms with Gasteiger partial charge in [0.05, 0.1) is 12.5 Å². The molecule has 4 heterocycles. The Morgan fingerprint density at radius 1 is 1.21 bits per heavy atom. The summed E-state index contributed by atoms with van der Waals surface area (Å²) >= 11 is 1.18. The average molecular weight is 467 g/mol. The highest BCUT2D eigenvalue weighted by Gasteiger charge is 2.23. The fourth-order valence-corrected chi connectivity index (χ4v) is 5.35. The van der Waals surface area contributed by atoms with E-state index in [0.29, 0.717) is 49.5 Å². The second kappa shape index (κ2) is 8.47. The van der Waals surface area contributed by atoms with E-state index >= 15 is 0 Å². The van der Waals surface area contributed by atoms with Gasteiger partial charge in [-0.1, -0.05) is 6.42 Å². The van der Waals surface area contributed by atoms with Crippen LogP contribution in [0.3, 0.4) is 0 Å². The SMILES string of the molecule is COc1ccc2c(COC(=O)c3sc4nc5n(c(=O)c4c3C)CCCCC5)cc(=O)oc2c1. The number of hydrogen-bond acceptors (Lipinski definition) is 8. The highest BCUT2D eigenvalue weighted by molar-refractivity contribution is 7.20. The standard InChI is InChI=1S/C24H22N2O6S/c1-13-20-22(25-18-6-4-3-5-9-26(18)23(20)28)33-21(13)24(29)31-12-14-10-19(27)32-17-11-15(30-2)7-8-16(14)17/h7-8,10-11H,3-6,9,12H2,1-2H3. The molecule has 0 spiro atoms. The normalized spacial score (nSPS) is 13.6. The Morgan fingerprint density at radius 3 is 2.88 bits per heavy atom. The predicted molar refractivity (Wildman–Crippen MR) is 124 cm³/mol. The summed E-state index contributed by atoms with van der Waals surface area (Å²) in [5.41, 5.74) is 0.827. The van der Waals surface area contributed by atoms with Gasteiger partial charge in [0.1, 0.15) is 33.5 Å². The van der Waals surface area contributed by atoms with Gasteiger partial charge in [-0.3, -0.25) is 9.36 Å². The van der Waals surface area contributed by atoms with E-state index in [4.69, 9.17) is 18.9 Å². The topological polar surface area (TPSA) is 101 Å². The van der Waals surface area contributed by atoms with Crippen LogP contribution in [-0.4, -0.2) is 22.6 Å². The summed E-state index contributed by atoms with van der Waals surface area (Å²) in [6.07, 6.45) is 3.79. The molecule has 1 aromatic carbocycles. The number of benzene rings is 1. The molecule has 3 aromatic heterocycles. The van der Waals surface area contributed by atoms with Gasteiger partial charge < -0.3 is 13.9 Å². The number of carbonyl (C=O) groups is 1. The first-order valence-corrected chi connectivity index (χ1v) is 11.6. The molecule has 0 atom stereocenters. The molecule has 8 nitrogen and oxygen atoms in total. The molecular formula is C24H22N2O6S. The number of aromatic nitrogens is 2. The smallest absolute Gasteiger partial charge is 0.349 e. The van der Waals surface area contributed by atoms with Crippen molar-refractivity contribution >= 4 is 38.5 Å². The number of ether oxygens (including phenoxy) is 2. The second-order valence-corrected chi connectivity index (χ2v) is 9.06. The van der Waals surface area contributed by atoms with E-state index in [2.05, 4.69) is 0 Å². The van der Waals surface area contributed by atoms with E-state index in [-0.39, 0.29) is 12.2 Å². The summed E-state index contributed by atoms with van der Waals surface area (Å²) < 4.78 is 17.7. The van der Waals surface area contributed by atoms with Gasteiger partial charge in [-0.05, 0) is 37.5 Å². The molecule has 1 aliphatic rings. The maximum absolute atomic E-state index is 13.1. The zero-order valence-electron chi connectivity index (χ0n) is 18.3. The average Bonchev–Trinajstić information content (AvgIpc) is 2.97. The lowest BCUT2D eigenvalue weighted by molar-refractivity contribution is 0.0479. The third-order valence-electron chi connectivity index (χ3n) is 5.99. The Bertz CT molecular complexity index is 1510. The Kier molecular flexibility index (Phi) is 5.49. The number of thiophene rings is 1. The fourth-order valence-electron chi connectivity index (χ4n) is 4.27. The summed E-state index contributed by atoms with van der Waals surface area (Å²) in [7, 11) is 1.52. The van der Waals surface area contributed by atoms with E-state index in [1.54, 1.807) is 29.7 Å². The van der Waals surface area contributed by atoms with Crippen LogP contribution in [0.5, 0.6) is 5.75 Å². The highest BCUT2D eigenvalue weighted by Crippen LogP contribution is 2.30. The maximum atomic E-state index is 13.1. The van der Waals surface area contributed by atoms with E-state index in [9.17, 15) is 14.4 Å². The van der Waals surface area contributed by atoms with Crippen LogP contribution in [-0.2, 0) is 24.3 Å². The zero-order chi connectivity index (χ0) is 23.1. The van der Waals surface area contributed by atoms with E-state index in [0.717, 1.165) is 31.5 Å². The minimum absolute atomic E-state index is 0.0923. The lowest BCUT2D eigenvalue weighted by Crippen LogP contribution is -2.24. The largest absolute Gasteiger partial charge is 0.497 e. The first kappa shape index (κ1) is 21.4. The van der Waals surface area contributed by atoms with Gasteiger partial charge in [-0.2, -0.15) is 0 Å². The molecule has 0 bridgehead atoms. The van der Waals surface area contributed by atoms with Crippen molar-refractivity contribution in [2.75, 3.05) is 7.11 Å².